The Hall–Kier alpha value is -2.68. The van der Waals surface area contributed by atoms with E-state index in [1.165, 1.54) is 5.56 Å². The molecule has 0 radical (unpaired) electrons. The van der Waals surface area contributed by atoms with Crippen molar-refractivity contribution in [2.75, 3.05) is 0 Å². The van der Waals surface area contributed by atoms with Crippen molar-refractivity contribution in [2.24, 2.45) is 0 Å². The van der Waals surface area contributed by atoms with Crippen LogP contribution in [0, 0.1) is 6.92 Å². The normalized spacial score (nSPS) is 11.2. The number of rotatable bonds is 1. The quantitative estimate of drug-likeness (QED) is 0.510. The molecule has 0 spiro atoms. The summed E-state index contributed by atoms with van der Waals surface area (Å²) in [5.41, 5.74) is 4.73. The van der Waals surface area contributed by atoms with Crippen LogP contribution in [0.4, 0.5) is 0 Å². The molecule has 0 aliphatic carbocycles. The molecule has 0 N–H and O–H groups in total. The topological polar surface area (TPSA) is 38.9 Å². The molecular weight excluding hydrogens is 248 g/mol. The second kappa shape index (κ2) is 4.17. The van der Waals surface area contributed by atoms with E-state index in [0.29, 0.717) is 5.71 Å². The van der Waals surface area contributed by atoms with E-state index >= 15 is 0 Å². The molecule has 0 fully saturated rings. The van der Waals surface area contributed by atoms with Crippen molar-refractivity contribution in [3.63, 3.8) is 0 Å². The maximum Gasteiger partial charge on any atom is 0.227 e. The third-order valence-corrected chi connectivity index (χ3v) is 3.51. The van der Waals surface area contributed by atoms with Crippen molar-refractivity contribution in [2.45, 2.75) is 6.92 Å². The molecule has 3 heterocycles. The van der Waals surface area contributed by atoms with Crippen molar-refractivity contribution in [1.29, 1.82) is 0 Å². The molecule has 0 amide bonds. The molecule has 0 aliphatic heterocycles. The number of fused-ring (bicyclic) bond motifs is 3. The monoisotopic (exact) mass is 260 g/mol. The summed E-state index contributed by atoms with van der Waals surface area (Å²) in [7, 11) is 0. The number of benzene rings is 1. The molecule has 0 saturated carbocycles. The molecule has 0 atom stereocenters. The van der Waals surface area contributed by atoms with Gasteiger partial charge in [-0.3, -0.25) is 4.98 Å². The van der Waals surface area contributed by atoms with Gasteiger partial charge < -0.3 is 4.42 Å². The van der Waals surface area contributed by atoms with Gasteiger partial charge in [0.25, 0.3) is 0 Å². The SMILES string of the molecule is Cc1cc(-c2ccccn2)cc2oc3ncccc3c12. The Morgan fingerprint density at radius 3 is 2.70 bits per heavy atom. The molecule has 0 saturated heterocycles. The number of hydrogen-bond donors (Lipinski definition) is 0. The lowest BCUT2D eigenvalue weighted by Crippen LogP contribution is -1.84. The predicted molar refractivity (Wildman–Crippen MR) is 79.5 cm³/mol. The van der Waals surface area contributed by atoms with Gasteiger partial charge in [0.15, 0.2) is 0 Å². The van der Waals surface area contributed by atoms with Crippen molar-refractivity contribution in [1.82, 2.24) is 9.97 Å². The molecule has 3 aromatic heterocycles. The summed E-state index contributed by atoms with van der Waals surface area (Å²) < 4.78 is 5.86. The van der Waals surface area contributed by atoms with Crippen LogP contribution in [0.2, 0.25) is 0 Å². The fourth-order valence-corrected chi connectivity index (χ4v) is 2.63. The van der Waals surface area contributed by atoms with Crippen LogP contribution in [0.15, 0.2) is 59.3 Å². The number of hydrogen-bond acceptors (Lipinski definition) is 3. The first-order chi connectivity index (χ1) is 9.83. The predicted octanol–water partition coefficient (Wildman–Crippen LogP) is 4.35. The van der Waals surface area contributed by atoms with Crippen molar-refractivity contribution in [3.8, 4) is 11.3 Å². The smallest absolute Gasteiger partial charge is 0.227 e. The lowest BCUT2D eigenvalue weighted by Gasteiger charge is -2.03. The minimum absolute atomic E-state index is 0.684. The summed E-state index contributed by atoms with van der Waals surface area (Å²) in [6.07, 6.45) is 3.55. The summed E-state index contributed by atoms with van der Waals surface area (Å²) in [6.45, 7) is 2.09. The first-order valence-corrected chi connectivity index (χ1v) is 6.52. The fraction of sp³-hybridized carbons (Fsp3) is 0.0588. The first-order valence-electron chi connectivity index (χ1n) is 6.52. The molecule has 3 heteroatoms. The van der Waals surface area contributed by atoms with Crippen LogP contribution in [0.1, 0.15) is 5.56 Å². The number of furan rings is 1. The van der Waals surface area contributed by atoms with E-state index in [-0.39, 0.29) is 0 Å². The van der Waals surface area contributed by atoms with Gasteiger partial charge in [0.1, 0.15) is 5.58 Å². The Bertz CT molecular complexity index is 910. The number of pyridine rings is 2. The van der Waals surface area contributed by atoms with E-state index in [4.69, 9.17) is 4.42 Å². The molecule has 1 aromatic carbocycles. The van der Waals surface area contributed by atoms with Crippen LogP contribution in [-0.2, 0) is 0 Å². The molecule has 20 heavy (non-hydrogen) atoms. The van der Waals surface area contributed by atoms with Crippen LogP contribution >= 0.6 is 0 Å². The first kappa shape index (κ1) is 11.2. The molecule has 4 rings (SSSR count). The Labute approximate surface area is 115 Å². The zero-order chi connectivity index (χ0) is 13.5. The van der Waals surface area contributed by atoms with Crippen LogP contribution in [0.3, 0.4) is 0 Å². The summed E-state index contributed by atoms with van der Waals surface area (Å²) in [6, 6.07) is 14.1. The van der Waals surface area contributed by atoms with Crippen LogP contribution in [-0.4, -0.2) is 9.97 Å². The Morgan fingerprint density at radius 1 is 0.950 bits per heavy atom. The molecule has 0 bridgehead atoms. The van der Waals surface area contributed by atoms with Crippen molar-refractivity contribution >= 4 is 22.1 Å². The standard InChI is InChI=1S/C17H12N2O/c1-11-9-12(14-6-2-3-7-18-14)10-15-16(11)13-5-4-8-19-17(13)20-15/h2-10H,1H3. The Kier molecular flexibility index (Phi) is 2.33. The minimum atomic E-state index is 0.684. The van der Waals surface area contributed by atoms with E-state index in [1.807, 2.05) is 36.4 Å². The molecule has 4 aromatic rings. The van der Waals surface area contributed by atoms with Gasteiger partial charge in [-0.05, 0) is 48.9 Å². The van der Waals surface area contributed by atoms with Gasteiger partial charge in [0.2, 0.25) is 5.71 Å². The van der Waals surface area contributed by atoms with Gasteiger partial charge in [-0.1, -0.05) is 6.07 Å². The molecule has 3 nitrogen and oxygen atoms in total. The summed E-state index contributed by atoms with van der Waals surface area (Å²) >= 11 is 0. The molecular formula is C17H12N2O. The van der Waals surface area contributed by atoms with Crippen molar-refractivity contribution in [3.05, 3.63) is 60.4 Å². The minimum Gasteiger partial charge on any atom is -0.438 e. The van der Waals surface area contributed by atoms with Gasteiger partial charge >= 0.3 is 0 Å². The molecule has 0 unspecified atom stereocenters. The third kappa shape index (κ3) is 1.60. The highest BCUT2D eigenvalue weighted by Gasteiger charge is 2.12. The van der Waals surface area contributed by atoms with Crippen LogP contribution in [0.5, 0.6) is 0 Å². The van der Waals surface area contributed by atoms with Gasteiger partial charge in [0, 0.05) is 28.7 Å². The second-order valence-electron chi connectivity index (χ2n) is 4.84. The summed E-state index contributed by atoms with van der Waals surface area (Å²) in [4.78, 5) is 8.67. The highest BCUT2D eigenvalue weighted by molar-refractivity contribution is 6.06. The Morgan fingerprint density at radius 2 is 1.85 bits per heavy atom. The van der Waals surface area contributed by atoms with Crippen LogP contribution in [0.25, 0.3) is 33.3 Å². The van der Waals surface area contributed by atoms with Gasteiger partial charge in [-0.2, -0.15) is 0 Å². The zero-order valence-electron chi connectivity index (χ0n) is 11.0. The lowest BCUT2D eigenvalue weighted by atomic mass is 10.0. The highest BCUT2D eigenvalue weighted by Crippen LogP contribution is 2.33. The van der Waals surface area contributed by atoms with Gasteiger partial charge in [0.05, 0.1) is 5.69 Å². The summed E-state index contributed by atoms with van der Waals surface area (Å²) in [5.74, 6) is 0. The van der Waals surface area contributed by atoms with E-state index < -0.39 is 0 Å². The maximum absolute atomic E-state index is 5.86. The Balaban J connectivity index is 2.06. The van der Waals surface area contributed by atoms with E-state index in [0.717, 1.165) is 27.6 Å². The summed E-state index contributed by atoms with van der Waals surface area (Å²) in [5, 5.41) is 2.19. The highest BCUT2D eigenvalue weighted by atomic mass is 16.3. The third-order valence-electron chi connectivity index (χ3n) is 3.51. The number of aromatic nitrogens is 2. The van der Waals surface area contributed by atoms with E-state index in [9.17, 15) is 0 Å². The molecule has 96 valence electrons. The average molecular weight is 260 g/mol. The fourth-order valence-electron chi connectivity index (χ4n) is 2.63. The largest absolute Gasteiger partial charge is 0.438 e. The van der Waals surface area contributed by atoms with Crippen molar-refractivity contribution < 1.29 is 4.42 Å². The average Bonchev–Trinajstić information content (AvgIpc) is 2.87. The van der Waals surface area contributed by atoms with E-state index in [1.54, 1.807) is 12.4 Å². The maximum atomic E-state index is 5.86. The zero-order valence-corrected chi connectivity index (χ0v) is 11.0. The van der Waals surface area contributed by atoms with Gasteiger partial charge in [-0.25, -0.2) is 4.98 Å². The van der Waals surface area contributed by atoms with Gasteiger partial charge in [-0.15, -0.1) is 0 Å². The number of nitrogens with zero attached hydrogens (tertiary/aromatic N) is 2. The van der Waals surface area contributed by atoms with Crippen LogP contribution < -0.4 is 0 Å². The number of aryl methyl sites for hydroxylation is 1. The molecule has 0 aliphatic rings. The lowest BCUT2D eigenvalue weighted by molar-refractivity contribution is 0.654. The second-order valence-corrected chi connectivity index (χ2v) is 4.84. The van der Waals surface area contributed by atoms with E-state index in [2.05, 4.69) is 23.0 Å².